The monoisotopic (exact) mass is 262 g/mol. The second kappa shape index (κ2) is 5.84. The lowest BCUT2D eigenvalue weighted by atomic mass is 10.2. The molecule has 0 aromatic carbocycles. The molecule has 0 bridgehead atoms. The third-order valence-electron chi connectivity index (χ3n) is 3.75. The zero-order valence-electron chi connectivity index (χ0n) is 11.5. The molecule has 2 aliphatic rings. The Bertz CT molecular complexity index is 398. The van der Waals surface area contributed by atoms with Gasteiger partial charge in [-0.3, -0.25) is 0 Å². The normalized spacial score (nSPS) is 22.7. The minimum atomic E-state index is 0.350. The highest BCUT2D eigenvalue weighted by atomic mass is 16.5. The van der Waals surface area contributed by atoms with Crippen molar-refractivity contribution in [2.45, 2.75) is 44.4 Å². The fraction of sp³-hybridized carbons (Fsp3) is 0.714. The van der Waals surface area contributed by atoms with Crippen LogP contribution in [0.25, 0.3) is 0 Å². The number of nitrogens with one attached hydrogen (secondary N) is 1. The van der Waals surface area contributed by atoms with Crippen molar-refractivity contribution in [2.24, 2.45) is 0 Å². The molecule has 0 radical (unpaired) electrons. The summed E-state index contributed by atoms with van der Waals surface area (Å²) in [5, 5.41) is 12.0. The van der Waals surface area contributed by atoms with Crippen molar-refractivity contribution in [1.29, 1.82) is 0 Å². The Kier molecular flexibility index (Phi) is 3.94. The minimum Gasteiger partial charge on any atom is -0.376 e. The highest BCUT2D eigenvalue weighted by molar-refractivity contribution is 5.36. The first-order chi connectivity index (χ1) is 9.31. The van der Waals surface area contributed by atoms with Crippen molar-refractivity contribution in [1.82, 2.24) is 15.5 Å². The predicted molar refractivity (Wildman–Crippen MR) is 74.1 cm³/mol. The first kappa shape index (κ1) is 12.8. The second-order valence-corrected chi connectivity index (χ2v) is 5.55. The molecule has 5 heteroatoms. The Labute approximate surface area is 114 Å². The number of likely N-dealkylation sites (N-methyl/N-ethyl adjacent to an activating group) is 1. The van der Waals surface area contributed by atoms with E-state index in [0.717, 1.165) is 37.6 Å². The Morgan fingerprint density at radius 2 is 2.21 bits per heavy atom. The molecule has 19 heavy (non-hydrogen) atoms. The van der Waals surface area contributed by atoms with Gasteiger partial charge in [-0.1, -0.05) is 0 Å². The lowest BCUT2D eigenvalue weighted by molar-refractivity contribution is 0.116. The van der Waals surface area contributed by atoms with E-state index in [2.05, 4.69) is 26.5 Å². The Morgan fingerprint density at radius 1 is 1.32 bits per heavy atom. The fourth-order valence-corrected chi connectivity index (χ4v) is 2.37. The van der Waals surface area contributed by atoms with Crippen LogP contribution in [-0.2, 0) is 11.3 Å². The van der Waals surface area contributed by atoms with Crippen LogP contribution in [0.1, 0.15) is 31.4 Å². The van der Waals surface area contributed by atoms with Crippen molar-refractivity contribution in [3.05, 3.63) is 17.8 Å². The van der Waals surface area contributed by atoms with Crippen molar-refractivity contribution in [3.8, 4) is 0 Å². The summed E-state index contributed by atoms with van der Waals surface area (Å²) in [6.45, 7) is 2.62. The molecule has 0 amide bonds. The van der Waals surface area contributed by atoms with Crippen LogP contribution in [0.4, 0.5) is 5.82 Å². The molecule has 0 spiro atoms. The van der Waals surface area contributed by atoms with Crippen LogP contribution in [0, 0.1) is 0 Å². The number of hydrogen-bond donors (Lipinski definition) is 1. The van der Waals surface area contributed by atoms with E-state index in [1.807, 2.05) is 13.1 Å². The van der Waals surface area contributed by atoms with E-state index in [-0.39, 0.29) is 0 Å². The topological polar surface area (TPSA) is 50.3 Å². The summed E-state index contributed by atoms with van der Waals surface area (Å²) < 4.78 is 5.64. The largest absolute Gasteiger partial charge is 0.376 e. The van der Waals surface area contributed by atoms with Gasteiger partial charge in [0.15, 0.2) is 5.82 Å². The predicted octanol–water partition coefficient (Wildman–Crippen LogP) is 1.34. The van der Waals surface area contributed by atoms with Gasteiger partial charge >= 0.3 is 0 Å². The van der Waals surface area contributed by atoms with Crippen LogP contribution in [0.3, 0.4) is 0 Å². The molecule has 1 saturated carbocycles. The van der Waals surface area contributed by atoms with Gasteiger partial charge in [0.05, 0.1) is 11.8 Å². The van der Waals surface area contributed by atoms with Crippen LogP contribution in [0.5, 0.6) is 0 Å². The number of nitrogens with zero attached hydrogens (tertiary/aromatic N) is 3. The van der Waals surface area contributed by atoms with E-state index in [1.54, 1.807) is 0 Å². The molecule has 1 saturated heterocycles. The van der Waals surface area contributed by atoms with E-state index < -0.39 is 0 Å². The number of hydrogen-bond acceptors (Lipinski definition) is 5. The van der Waals surface area contributed by atoms with E-state index in [0.29, 0.717) is 12.1 Å². The smallest absolute Gasteiger partial charge is 0.151 e. The first-order valence-corrected chi connectivity index (χ1v) is 7.20. The van der Waals surface area contributed by atoms with Gasteiger partial charge < -0.3 is 15.0 Å². The SMILES string of the molecule is CN(CC1CCCO1)c1ccc(CNC2CC2)nn1. The third-order valence-corrected chi connectivity index (χ3v) is 3.75. The molecule has 104 valence electrons. The average Bonchev–Trinajstić information content (AvgIpc) is 3.13. The van der Waals surface area contributed by atoms with Gasteiger partial charge in [0.2, 0.25) is 0 Å². The van der Waals surface area contributed by atoms with Crippen LogP contribution < -0.4 is 10.2 Å². The molecule has 3 rings (SSSR count). The van der Waals surface area contributed by atoms with Gasteiger partial charge in [0.25, 0.3) is 0 Å². The van der Waals surface area contributed by atoms with Gasteiger partial charge in [-0.2, -0.15) is 5.10 Å². The summed E-state index contributed by atoms with van der Waals surface area (Å²) in [5.41, 5.74) is 1.01. The highest BCUT2D eigenvalue weighted by Crippen LogP contribution is 2.19. The molecule has 1 unspecified atom stereocenters. The Hall–Kier alpha value is -1.20. The van der Waals surface area contributed by atoms with Crippen LogP contribution in [0.2, 0.25) is 0 Å². The van der Waals surface area contributed by atoms with Crippen LogP contribution in [-0.4, -0.2) is 42.5 Å². The number of rotatable bonds is 6. The molecule has 1 atom stereocenters. The summed E-state index contributed by atoms with van der Waals surface area (Å²) in [6.07, 6.45) is 5.28. The van der Waals surface area contributed by atoms with Crippen molar-refractivity contribution < 1.29 is 4.74 Å². The highest BCUT2D eigenvalue weighted by Gasteiger charge is 2.20. The molecular weight excluding hydrogens is 240 g/mol. The number of anilines is 1. The summed E-state index contributed by atoms with van der Waals surface area (Å²) in [5.74, 6) is 0.922. The van der Waals surface area contributed by atoms with Gasteiger partial charge in [0, 0.05) is 32.8 Å². The molecule has 5 nitrogen and oxygen atoms in total. The first-order valence-electron chi connectivity index (χ1n) is 7.20. The Balaban J connectivity index is 1.51. The molecular formula is C14H22N4O. The third kappa shape index (κ3) is 3.64. The molecule has 2 heterocycles. The van der Waals surface area contributed by atoms with Crippen molar-refractivity contribution >= 4 is 5.82 Å². The zero-order valence-corrected chi connectivity index (χ0v) is 11.5. The van der Waals surface area contributed by atoms with Crippen molar-refractivity contribution in [2.75, 3.05) is 25.1 Å². The van der Waals surface area contributed by atoms with Gasteiger partial charge in [-0.25, -0.2) is 0 Å². The van der Waals surface area contributed by atoms with E-state index in [9.17, 15) is 0 Å². The molecule has 1 aliphatic heterocycles. The van der Waals surface area contributed by atoms with Crippen LogP contribution >= 0.6 is 0 Å². The van der Waals surface area contributed by atoms with E-state index in [1.165, 1.54) is 19.3 Å². The quantitative estimate of drug-likeness (QED) is 0.838. The molecule has 1 aliphatic carbocycles. The summed E-state index contributed by atoms with van der Waals surface area (Å²) >= 11 is 0. The number of aromatic nitrogens is 2. The average molecular weight is 262 g/mol. The standard InChI is InChI=1S/C14H22N4O/c1-18(10-13-3-2-8-19-13)14-7-6-12(16-17-14)9-15-11-4-5-11/h6-7,11,13,15H,2-5,8-10H2,1H3. The van der Waals surface area contributed by atoms with Gasteiger partial charge in [-0.05, 0) is 37.8 Å². The maximum atomic E-state index is 5.64. The number of ether oxygens (including phenoxy) is 1. The lowest BCUT2D eigenvalue weighted by Crippen LogP contribution is -2.29. The molecule has 1 aromatic rings. The van der Waals surface area contributed by atoms with Gasteiger partial charge in [-0.15, -0.1) is 5.10 Å². The minimum absolute atomic E-state index is 0.350. The second-order valence-electron chi connectivity index (χ2n) is 5.55. The summed E-state index contributed by atoms with van der Waals surface area (Å²) in [4.78, 5) is 2.13. The lowest BCUT2D eigenvalue weighted by Gasteiger charge is -2.21. The maximum Gasteiger partial charge on any atom is 0.151 e. The van der Waals surface area contributed by atoms with E-state index in [4.69, 9.17) is 4.74 Å². The summed E-state index contributed by atoms with van der Waals surface area (Å²) in [7, 11) is 2.05. The fourth-order valence-electron chi connectivity index (χ4n) is 2.37. The molecule has 1 N–H and O–H groups in total. The van der Waals surface area contributed by atoms with Gasteiger partial charge in [0.1, 0.15) is 0 Å². The van der Waals surface area contributed by atoms with Crippen molar-refractivity contribution in [3.63, 3.8) is 0 Å². The Morgan fingerprint density at radius 3 is 2.84 bits per heavy atom. The van der Waals surface area contributed by atoms with E-state index >= 15 is 0 Å². The molecule has 1 aromatic heterocycles. The summed E-state index contributed by atoms with van der Waals surface area (Å²) in [6, 6.07) is 4.82. The molecule has 2 fully saturated rings. The maximum absolute atomic E-state index is 5.64. The van der Waals surface area contributed by atoms with Crippen LogP contribution in [0.15, 0.2) is 12.1 Å². The zero-order chi connectivity index (χ0) is 13.1.